The molecule has 0 bridgehead atoms. The van der Waals surface area contributed by atoms with E-state index in [9.17, 15) is 9.59 Å². The highest BCUT2D eigenvalue weighted by atomic mass is 16.4. The van der Waals surface area contributed by atoms with Crippen LogP contribution in [0.4, 0.5) is 5.69 Å². The van der Waals surface area contributed by atoms with Gasteiger partial charge >= 0.3 is 5.97 Å². The number of hydrogen-bond donors (Lipinski definition) is 2. The number of anilines is 1. The molecule has 1 amide bonds. The molecular formula is C13H12N2O4. The van der Waals surface area contributed by atoms with Gasteiger partial charge in [-0.3, -0.25) is 4.79 Å². The molecule has 6 nitrogen and oxygen atoms in total. The maximum Gasteiger partial charge on any atom is 0.336 e. The molecule has 0 saturated heterocycles. The number of carbonyl (C=O) groups excluding carboxylic acids is 1. The minimum absolute atomic E-state index is 0.111. The average molecular weight is 260 g/mol. The average Bonchev–Trinajstić information content (AvgIpc) is 2.77. The minimum Gasteiger partial charge on any atom is -0.478 e. The highest BCUT2D eigenvalue weighted by Gasteiger charge is 2.16. The molecule has 19 heavy (non-hydrogen) atoms. The third-order valence-corrected chi connectivity index (χ3v) is 2.76. The minimum atomic E-state index is -1.04. The molecule has 2 rings (SSSR count). The number of amides is 1. The fourth-order valence-corrected chi connectivity index (χ4v) is 1.70. The highest BCUT2D eigenvalue weighted by Crippen LogP contribution is 2.20. The van der Waals surface area contributed by atoms with E-state index in [1.165, 1.54) is 12.5 Å². The lowest BCUT2D eigenvalue weighted by atomic mass is 10.1. The molecule has 2 aromatic rings. The summed E-state index contributed by atoms with van der Waals surface area (Å²) in [6, 6.07) is 4.68. The van der Waals surface area contributed by atoms with E-state index in [4.69, 9.17) is 9.52 Å². The number of aromatic carboxylic acids is 1. The van der Waals surface area contributed by atoms with Gasteiger partial charge in [-0.15, -0.1) is 0 Å². The van der Waals surface area contributed by atoms with Crippen LogP contribution in [0.15, 0.2) is 29.0 Å². The molecular weight excluding hydrogens is 248 g/mol. The number of hydrogen-bond acceptors (Lipinski definition) is 4. The number of carboxylic acid groups (broad SMARTS) is 1. The van der Waals surface area contributed by atoms with Gasteiger partial charge < -0.3 is 14.8 Å². The second-order valence-electron chi connectivity index (χ2n) is 4.00. The van der Waals surface area contributed by atoms with Crippen LogP contribution in [-0.4, -0.2) is 22.0 Å². The first kappa shape index (κ1) is 12.8. The summed E-state index contributed by atoms with van der Waals surface area (Å²) in [5, 5.41) is 11.6. The Morgan fingerprint density at radius 3 is 2.63 bits per heavy atom. The largest absolute Gasteiger partial charge is 0.478 e. The van der Waals surface area contributed by atoms with Gasteiger partial charge in [-0.25, -0.2) is 9.78 Å². The summed E-state index contributed by atoms with van der Waals surface area (Å²) >= 11 is 0. The van der Waals surface area contributed by atoms with Crippen molar-refractivity contribution in [3.05, 3.63) is 47.2 Å². The van der Waals surface area contributed by atoms with Gasteiger partial charge in [0, 0.05) is 5.69 Å². The van der Waals surface area contributed by atoms with E-state index >= 15 is 0 Å². The topological polar surface area (TPSA) is 92.4 Å². The summed E-state index contributed by atoms with van der Waals surface area (Å²) < 4.78 is 4.98. The molecule has 6 heteroatoms. The van der Waals surface area contributed by atoms with Crippen molar-refractivity contribution in [3.63, 3.8) is 0 Å². The number of carbonyl (C=O) groups is 2. The lowest BCUT2D eigenvalue weighted by molar-refractivity contribution is 0.0695. The maximum absolute atomic E-state index is 11.9. The van der Waals surface area contributed by atoms with E-state index in [0.717, 1.165) is 0 Å². The molecule has 2 N–H and O–H groups in total. The third kappa shape index (κ3) is 2.47. The van der Waals surface area contributed by atoms with Gasteiger partial charge in [-0.1, -0.05) is 6.07 Å². The summed E-state index contributed by atoms with van der Waals surface area (Å²) in [5.74, 6) is -1.38. The molecule has 0 fully saturated rings. The van der Waals surface area contributed by atoms with Crippen LogP contribution in [0.1, 0.15) is 32.2 Å². The van der Waals surface area contributed by atoms with Crippen LogP contribution in [-0.2, 0) is 0 Å². The Hall–Kier alpha value is -2.63. The zero-order chi connectivity index (χ0) is 14.0. The van der Waals surface area contributed by atoms with Crippen LogP contribution in [0, 0.1) is 13.8 Å². The third-order valence-electron chi connectivity index (χ3n) is 2.76. The zero-order valence-corrected chi connectivity index (χ0v) is 10.4. The van der Waals surface area contributed by atoms with E-state index < -0.39 is 11.9 Å². The van der Waals surface area contributed by atoms with Crippen LogP contribution in [0.2, 0.25) is 0 Å². The van der Waals surface area contributed by atoms with Crippen LogP contribution in [0.25, 0.3) is 0 Å². The zero-order valence-electron chi connectivity index (χ0n) is 10.4. The summed E-state index contributed by atoms with van der Waals surface area (Å²) in [5.41, 5.74) is 1.54. The number of aryl methyl sites for hydroxylation is 1. The molecule has 0 aliphatic heterocycles. The first-order valence-corrected chi connectivity index (χ1v) is 5.55. The van der Waals surface area contributed by atoms with Crippen molar-refractivity contribution in [2.45, 2.75) is 13.8 Å². The monoisotopic (exact) mass is 260 g/mol. The van der Waals surface area contributed by atoms with Crippen molar-refractivity contribution in [1.29, 1.82) is 0 Å². The lowest BCUT2D eigenvalue weighted by Gasteiger charge is -2.09. The van der Waals surface area contributed by atoms with Crippen molar-refractivity contribution >= 4 is 17.6 Å². The molecule has 0 atom stereocenters. The second kappa shape index (κ2) is 4.93. The lowest BCUT2D eigenvalue weighted by Crippen LogP contribution is -2.14. The smallest absolute Gasteiger partial charge is 0.336 e. The standard InChI is InChI=1S/C13H12N2O4/c1-7-9(13(17)18)4-3-5-10(7)15-12(16)11-8(2)14-6-19-11/h3-6H,1-2H3,(H,15,16)(H,17,18). The van der Waals surface area contributed by atoms with Crippen LogP contribution in [0.3, 0.4) is 0 Å². The number of carboxylic acids is 1. The van der Waals surface area contributed by atoms with E-state index in [0.29, 0.717) is 16.9 Å². The SMILES string of the molecule is Cc1ncoc1C(=O)Nc1cccc(C(=O)O)c1C. The van der Waals surface area contributed by atoms with Gasteiger partial charge in [0.2, 0.25) is 5.76 Å². The fourth-order valence-electron chi connectivity index (χ4n) is 1.70. The quantitative estimate of drug-likeness (QED) is 0.882. The fraction of sp³-hybridized carbons (Fsp3) is 0.154. The highest BCUT2D eigenvalue weighted by molar-refractivity contribution is 6.04. The molecule has 0 aliphatic carbocycles. The number of oxazole rings is 1. The Labute approximate surface area is 109 Å². The van der Waals surface area contributed by atoms with Crippen molar-refractivity contribution in [2.75, 3.05) is 5.32 Å². The summed E-state index contributed by atoms with van der Waals surface area (Å²) in [4.78, 5) is 26.8. The maximum atomic E-state index is 11.9. The van der Waals surface area contributed by atoms with Crippen LogP contribution >= 0.6 is 0 Å². The second-order valence-corrected chi connectivity index (χ2v) is 4.00. The Bertz CT molecular complexity index is 646. The van der Waals surface area contributed by atoms with Crippen molar-refractivity contribution < 1.29 is 19.1 Å². The normalized spacial score (nSPS) is 10.2. The first-order chi connectivity index (χ1) is 9.00. The Kier molecular flexibility index (Phi) is 3.33. The van der Waals surface area contributed by atoms with Crippen molar-refractivity contribution in [1.82, 2.24) is 4.98 Å². The van der Waals surface area contributed by atoms with E-state index in [2.05, 4.69) is 10.3 Å². The van der Waals surface area contributed by atoms with Gasteiger partial charge in [-0.05, 0) is 31.5 Å². The molecule has 1 aromatic heterocycles. The van der Waals surface area contributed by atoms with Gasteiger partial charge in [0.1, 0.15) is 0 Å². The number of benzene rings is 1. The Morgan fingerprint density at radius 1 is 1.32 bits per heavy atom. The number of nitrogens with one attached hydrogen (secondary N) is 1. The number of nitrogens with zero attached hydrogens (tertiary/aromatic N) is 1. The molecule has 98 valence electrons. The van der Waals surface area contributed by atoms with E-state index in [-0.39, 0.29) is 11.3 Å². The van der Waals surface area contributed by atoms with Crippen molar-refractivity contribution in [3.8, 4) is 0 Å². The molecule has 0 saturated carbocycles. The molecule has 0 unspecified atom stereocenters. The van der Waals surface area contributed by atoms with Crippen LogP contribution in [0.5, 0.6) is 0 Å². The molecule has 1 aromatic carbocycles. The Balaban J connectivity index is 2.30. The van der Waals surface area contributed by atoms with Gasteiger partial charge in [0.25, 0.3) is 5.91 Å². The Morgan fingerprint density at radius 2 is 2.05 bits per heavy atom. The van der Waals surface area contributed by atoms with Crippen LogP contribution < -0.4 is 5.32 Å². The first-order valence-electron chi connectivity index (χ1n) is 5.55. The predicted octanol–water partition coefficient (Wildman–Crippen LogP) is 2.24. The summed E-state index contributed by atoms with van der Waals surface area (Å²) in [7, 11) is 0. The predicted molar refractivity (Wildman–Crippen MR) is 67.3 cm³/mol. The van der Waals surface area contributed by atoms with Gasteiger partial charge in [0.15, 0.2) is 6.39 Å². The van der Waals surface area contributed by atoms with Gasteiger partial charge in [0.05, 0.1) is 11.3 Å². The molecule has 1 heterocycles. The number of aromatic nitrogens is 1. The van der Waals surface area contributed by atoms with Gasteiger partial charge in [-0.2, -0.15) is 0 Å². The molecule has 0 spiro atoms. The van der Waals surface area contributed by atoms with E-state index in [1.54, 1.807) is 26.0 Å². The van der Waals surface area contributed by atoms with Crippen molar-refractivity contribution in [2.24, 2.45) is 0 Å². The number of rotatable bonds is 3. The summed E-state index contributed by atoms with van der Waals surface area (Å²) in [6.45, 7) is 3.28. The molecule has 0 radical (unpaired) electrons. The summed E-state index contributed by atoms with van der Waals surface area (Å²) in [6.07, 6.45) is 1.19. The van der Waals surface area contributed by atoms with E-state index in [1.807, 2.05) is 0 Å². The molecule has 0 aliphatic rings.